The summed E-state index contributed by atoms with van der Waals surface area (Å²) in [6.45, 7) is 12.3. The number of hydrogen-bond acceptors (Lipinski definition) is 2. The van der Waals surface area contributed by atoms with Crippen LogP contribution in [0.5, 0.6) is 5.75 Å². The van der Waals surface area contributed by atoms with Crippen molar-refractivity contribution in [1.82, 2.24) is 0 Å². The molecule has 156 valence electrons. The van der Waals surface area contributed by atoms with Crippen LogP contribution in [-0.2, 0) is 10.8 Å². The van der Waals surface area contributed by atoms with E-state index >= 15 is 0 Å². The van der Waals surface area contributed by atoms with Crippen molar-refractivity contribution < 1.29 is 15.0 Å². The van der Waals surface area contributed by atoms with Crippen LogP contribution >= 0.6 is 0 Å². The second kappa shape index (κ2) is 7.64. The van der Waals surface area contributed by atoms with E-state index in [0.717, 1.165) is 27.8 Å². The van der Waals surface area contributed by atoms with Crippen LogP contribution < -0.4 is 0 Å². The van der Waals surface area contributed by atoms with Crippen LogP contribution in [0, 0.1) is 13.8 Å². The first kappa shape index (κ1) is 21.6. The van der Waals surface area contributed by atoms with E-state index in [1.54, 1.807) is 6.07 Å². The third kappa shape index (κ3) is 3.60. The molecule has 0 aromatic heterocycles. The smallest absolute Gasteiger partial charge is 0.339 e. The van der Waals surface area contributed by atoms with Gasteiger partial charge in [0.25, 0.3) is 0 Å². The molecule has 3 aromatic carbocycles. The van der Waals surface area contributed by atoms with Crippen molar-refractivity contribution in [2.75, 3.05) is 0 Å². The Morgan fingerprint density at radius 3 is 1.67 bits per heavy atom. The van der Waals surface area contributed by atoms with E-state index in [9.17, 15) is 15.0 Å². The summed E-state index contributed by atoms with van der Waals surface area (Å²) in [5.41, 5.74) is 4.85. The topological polar surface area (TPSA) is 57.5 Å². The summed E-state index contributed by atoms with van der Waals surface area (Å²) in [4.78, 5) is 12.0. The molecule has 0 aliphatic rings. The third-order valence-electron chi connectivity index (χ3n) is 6.37. The maximum absolute atomic E-state index is 12.0. The highest BCUT2D eigenvalue weighted by molar-refractivity contribution is 5.92. The lowest BCUT2D eigenvalue weighted by molar-refractivity contribution is 0.0693. The van der Waals surface area contributed by atoms with E-state index in [-0.39, 0.29) is 11.3 Å². The van der Waals surface area contributed by atoms with E-state index in [1.807, 2.05) is 63.2 Å². The fourth-order valence-corrected chi connectivity index (χ4v) is 4.48. The second-order valence-electron chi connectivity index (χ2n) is 9.10. The molecule has 3 rings (SSSR count). The number of hydrogen-bond donors (Lipinski definition) is 2. The molecule has 0 radical (unpaired) electrons. The number of phenols is 1. The molecule has 0 saturated heterocycles. The van der Waals surface area contributed by atoms with Gasteiger partial charge in [0.15, 0.2) is 0 Å². The normalized spacial score (nSPS) is 12.1. The highest BCUT2D eigenvalue weighted by Gasteiger charge is 2.34. The molecular formula is C27H30O3. The number of aromatic hydroxyl groups is 1. The SMILES string of the molecule is Cc1ccccc1C(C)(C)c1cc(C(=O)O)c(O)c(C(C)(C)c2ccccc2C)c1. The van der Waals surface area contributed by atoms with E-state index in [1.165, 1.54) is 0 Å². The lowest BCUT2D eigenvalue weighted by Gasteiger charge is -2.33. The largest absolute Gasteiger partial charge is 0.507 e. The van der Waals surface area contributed by atoms with Crippen molar-refractivity contribution in [1.29, 1.82) is 0 Å². The van der Waals surface area contributed by atoms with Gasteiger partial charge >= 0.3 is 5.97 Å². The molecule has 0 fully saturated rings. The number of benzene rings is 3. The zero-order valence-corrected chi connectivity index (χ0v) is 18.6. The fraction of sp³-hybridized carbons (Fsp3) is 0.296. The molecule has 3 aromatic rings. The van der Waals surface area contributed by atoms with Crippen molar-refractivity contribution in [2.24, 2.45) is 0 Å². The first-order valence-corrected chi connectivity index (χ1v) is 10.2. The highest BCUT2D eigenvalue weighted by Crippen LogP contribution is 2.44. The zero-order chi connectivity index (χ0) is 22.3. The summed E-state index contributed by atoms with van der Waals surface area (Å²) in [5, 5.41) is 20.8. The van der Waals surface area contributed by atoms with Gasteiger partial charge in [0.05, 0.1) is 0 Å². The van der Waals surface area contributed by atoms with Gasteiger partial charge in [0.2, 0.25) is 0 Å². The molecule has 0 unspecified atom stereocenters. The van der Waals surface area contributed by atoms with Crippen molar-refractivity contribution in [2.45, 2.75) is 52.4 Å². The van der Waals surface area contributed by atoms with Gasteiger partial charge in [0.1, 0.15) is 11.3 Å². The Labute approximate surface area is 179 Å². The van der Waals surface area contributed by atoms with Gasteiger partial charge in [-0.2, -0.15) is 0 Å². The summed E-state index contributed by atoms with van der Waals surface area (Å²) in [7, 11) is 0. The molecule has 0 bridgehead atoms. The minimum absolute atomic E-state index is 0.0641. The van der Waals surface area contributed by atoms with E-state index < -0.39 is 16.8 Å². The van der Waals surface area contributed by atoms with Gasteiger partial charge in [-0.1, -0.05) is 82.3 Å². The molecule has 0 saturated carbocycles. The van der Waals surface area contributed by atoms with Gasteiger partial charge in [0, 0.05) is 16.4 Å². The summed E-state index contributed by atoms with van der Waals surface area (Å²) >= 11 is 0. The molecule has 0 aliphatic carbocycles. The molecule has 0 spiro atoms. The summed E-state index contributed by atoms with van der Waals surface area (Å²) in [5.74, 6) is -1.29. The molecule has 3 heteroatoms. The van der Waals surface area contributed by atoms with Crippen LogP contribution in [0.1, 0.15) is 71.4 Å². The highest BCUT2D eigenvalue weighted by atomic mass is 16.4. The molecule has 0 atom stereocenters. The van der Waals surface area contributed by atoms with Crippen molar-refractivity contribution in [3.05, 3.63) is 99.6 Å². The Kier molecular flexibility index (Phi) is 5.51. The summed E-state index contributed by atoms with van der Waals surface area (Å²) in [6.07, 6.45) is 0. The molecule has 3 nitrogen and oxygen atoms in total. The molecule has 30 heavy (non-hydrogen) atoms. The lowest BCUT2D eigenvalue weighted by Crippen LogP contribution is -2.25. The first-order chi connectivity index (χ1) is 14.0. The van der Waals surface area contributed by atoms with Gasteiger partial charge in [-0.3, -0.25) is 0 Å². The van der Waals surface area contributed by atoms with E-state index in [2.05, 4.69) is 32.9 Å². The minimum atomic E-state index is -1.13. The quantitative estimate of drug-likeness (QED) is 0.522. The first-order valence-electron chi connectivity index (χ1n) is 10.2. The van der Waals surface area contributed by atoms with Gasteiger partial charge in [-0.25, -0.2) is 4.79 Å². The summed E-state index contributed by atoms with van der Waals surface area (Å²) < 4.78 is 0. The standard InChI is InChI=1S/C27H30O3/c1-17-11-7-9-13-21(17)26(3,4)19-15-20(25(29)30)24(28)23(16-19)27(5,6)22-14-10-8-12-18(22)2/h7-16,28H,1-6H3,(H,29,30). The Hall–Kier alpha value is -3.07. The number of rotatable bonds is 5. The van der Waals surface area contributed by atoms with Crippen LogP contribution in [0.2, 0.25) is 0 Å². The van der Waals surface area contributed by atoms with Crippen molar-refractivity contribution in [3.8, 4) is 5.75 Å². The Morgan fingerprint density at radius 1 is 0.733 bits per heavy atom. The Morgan fingerprint density at radius 2 is 1.20 bits per heavy atom. The molecular weight excluding hydrogens is 372 g/mol. The van der Waals surface area contributed by atoms with Crippen LogP contribution in [-0.4, -0.2) is 16.2 Å². The third-order valence-corrected chi connectivity index (χ3v) is 6.37. The van der Waals surface area contributed by atoms with Gasteiger partial charge in [-0.05, 0) is 47.7 Å². The maximum atomic E-state index is 12.0. The number of carboxylic acids is 1. The van der Waals surface area contributed by atoms with E-state index in [0.29, 0.717) is 5.56 Å². The number of carboxylic acid groups (broad SMARTS) is 1. The zero-order valence-electron chi connectivity index (χ0n) is 18.6. The lowest BCUT2D eigenvalue weighted by atomic mass is 9.71. The minimum Gasteiger partial charge on any atom is -0.507 e. The average Bonchev–Trinajstić information content (AvgIpc) is 2.68. The van der Waals surface area contributed by atoms with Crippen LogP contribution in [0.3, 0.4) is 0 Å². The van der Waals surface area contributed by atoms with Crippen LogP contribution in [0.25, 0.3) is 0 Å². The van der Waals surface area contributed by atoms with Crippen molar-refractivity contribution >= 4 is 5.97 Å². The van der Waals surface area contributed by atoms with Gasteiger partial charge in [-0.15, -0.1) is 0 Å². The maximum Gasteiger partial charge on any atom is 0.339 e. The van der Waals surface area contributed by atoms with E-state index in [4.69, 9.17) is 0 Å². The summed E-state index contributed by atoms with van der Waals surface area (Å²) in [6, 6.07) is 19.8. The Bertz CT molecular complexity index is 1110. The van der Waals surface area contributed by atoms with Crippen LogP contribution in [0.15, 0.2) is 60.7 Å². The molecule has 0 amide bonds. The number of aromatic carboxylic acids is 1. The predicted octanol–water partition coefficient (Wildman–Crippen LogP) is 6.36. The van der Waals surface area contributed by atoms with Crippen molar-refractivity contribution in [3.63, 3.8) is 0 Å². The predicted molar refractivity (Wildman–Crippen MR) is 122 cm³/mol. The Balaban J connectivity index is 2.31. The average molecular weight is 403 g/mol. The monoisotopic (exact) mass is 402 g/mol. The van der Waals surface area contributed by atoms with Crippen LogP contribution in [0.4, 0.5) is 0 Å². The number of carbonyl (C=O) groups is 1. The molecule has 0 aliphatic heterocycles. The van der Waals surface area contributed by atoms with Gasteiger partial charge < -0.3 is 10.2 Å². The molecule has 0 heterocycles. The second-order valence-corrected chi connectivity index (χ2v) is 9.10. The molecule has 2 N–H and O–H groups in total. The fourth-order valence-electron chi connectivity index (χ4n) is 4.48. The number of aryl methyl sites for hydroxylation is 2.